The topological polar surface area (TPSA) is 70.2 Å². The van der Waals surface area contributed by atoms with Crippen molar-refractivity contribution in [1.29, 1.82) is 0 Å². The zero-order valence-electron chi connectivity index (χ0n) is 22.3. The van der Waals surface area contributed by atoms with E-state index in [1.807, 2.05) is 43.3 Å². The fourth-order valence-corrected chi connectivity index (χ4v) is 4.31. The van der Waals surface area contributed by atoms with Gasteiger partial charge in [-0.15, -0.1) is 5.10 Å². The van der Waals surface area contributed by atoms with E-state index in [0.717, 1.165) is 22.3 Å². The van der Waals surface area contributed by atoms with Gasteiger partial charge in [-0.2, -0.15) is 4.39 Å². The number of fused-ring (bicyclic) bond motifs is 1. The Kier molecular flexibility index (Phi) is 9.22. The molecule has 4 rings (SSSR count). The van der Waals surface area contributed by atoms with Crippen LogP contribution in [0.25, 0.3) is 22.0 Å². The van der Waals surface area contributed by atoms with Crippen LogP contribution in [-0.4, -0.2) is 54.8 Å². The summed E-state index contributed by atoms with van der Waals surface area (Å²) in [6.45, 7) is 3.60. The van der Waals surface area contributed by atoms with Crippen LogP contribution in [0.3, 0.4) is 0 Å². The van der Waals surface area contributed by atoms with Crippen LogP contribution in [0.2, 0.25) is 0 Å². The lowest BCUT2D eigenvalue weighted by molar-refractivity contribution is -0.123. The van der Waals surface area contributed by atoms with Gasteiger partial charge in [-0.25, -0.2) is 4.39 Å². The van der Waals surface area contributed by atoms with Crippen molar-refractivity contribution in [3.63, 3.8) is 0 Å². The molecule has 1 heterocycles. The van der Waals surface area contributed by atoms with Gasteiger partial charge in [-0.1, -0.05) is 49.4 Å². The van der Waals surface area contributed by atoms with Gasteiger partial charge in [0.15, 0.2) is 0 Å². The van der Waals surface area contributed by atoms with Crippen molar-refractivity contribution in [2.24, 2.45) is 0 Å². The number of rotatable bonds is 11. The molecule has 0 radical (unpaired) electrons. The van der Waals surface area contributed by atoms with Crippen LogP contribution < -0.4 is 10.1 Å². The largest absolute Gasteiger partial charge is 0.492 e. The monoisotopic (exact) mass is 530 g/mol. The highest BCUT2D eigenvalue weighted by Gasteiger charge is 2.17. The molecule has 3 aromatic carbocycles. The lowest BCUT2D eigenvalue weighted by atomic mass is 9.87. The second-order valence-corrected chi connectivity index (χ2v) is 9.17. The number of ether oxygens (including phenoxy) is 1. The maximum absolute atomic E-state index is 14.9. The number of nitrogens with zero attached hydrogens (tertiary/aromatic N) is 2. The predicted molar refractivity (Wildman–Crippen MR) is 151 cm³/mol. The van der Waals surface area contributed by atoms with Gasteiger partial charge in [0.25, 0.3) is 0 Å². The minimum atomic E-state index is -0.577. The summed E-state index contributed by atoms with van der Waals surface area (Å²) in [6.07, 6.45) is 3.88. The molecule has 0 saturated heterocycles. The van der Waals surface area contributed by atoms with Crippen LogP contribution in [0, 0.1) is 11.8 Å². The third-order valence-corrected chi connectivity index (χ3v) is 6.31. The average Bonchev–Trinajstić information content (AvgIpc) is 3.31. The van der Waals surface area contributed by atoms with E-state index in [0.29, 0.717) is 48.3 Å². The van der Waals surface area contributed by atoms with E-state index >= 15 is 0 Å². The molecule has 4 aromatic rings. The minimum Gasteiger partial charge on any atom is -0.492 e. The summed E-state index contributed by atoms with van der Waals surface area (Å²) in [5.41, 5.74) is 4.36. The number of H-pyrrole nitrogens is 1. The molecule has 0 unspecified atom stereocenters. The van der Waals surface area contributed by atoms with Gasteiger partial charge in [0.1, 0.15) is 18.2 Å². The van der Waals surface area contributed by atoms with Crippen LogP contribution in [0.1, 0.15) is 30.0 Å². The molecule has 0 atom stereocenters. The van der Waals surface area contributed by atoms with Crippen molar-refractivity contribution in [2.75, 3.05) is 33.8 Å². The number of likely N-dealkylation sites (N-methyl/N-ethyl adjacent to an activating group) is 1. The predicted octanol–water partition coefficient (Wildman–Crippen LogP) is 5.82. The van der Waals surface area contributed by atoms with E-state index < -0.39 is 5.95 Å². The number of nitrogens with one attached hydrogen (secondary N) is 2. The van der Waals surface area contributed by atoms with Crippen molar-refractivity contribution in [1.82, 2.24) is 20.4 Å². The highest BCUT2D eigenvalue weighted by atomic mass is 19.1. The Balaban J connectivity index is 1.56. The van der Waals surface area contributed by atoms with Gasteiger partial charge >= 0.3 is 0 Å². The van der Waals surface area contributed by atoms with E-state index in [2.05, 4.69) is 15.5 Å². The van der Waals surface area contributed by atoms with Crippen molar-refractivity contribution < 1.29 is 18.3 Å². The number of aromatic nitrogens is 2. The molecule has 39 heavy (non-hydrogen) atoms. The molecule has 2 N–H and O–H groups in total. The number of allylic oxidation sites excluding steroid dienone is 1. The number of hydrogen-bond donors (Lipinski definition) is 2. The van der Waals surface area contributed by atoms with Crippen molar-refractivity contribution >= 4 is 28.0 Å². The zero-order valence-corrected chi connectivity index (χ0v) is 22.3. The highest BCUT2D eigenvalue weighted by Crippen LogP contribution is 2.37. The van der Waals surface area contributed by atoms with E-state index in [1.54, 1.807) is 44.4 Å². The van der Waals surface area contributed by atoms with Gasteiger partial charge in [0, 0.05) is 38.8 Å². The number of aromatic amines is 1. The summed E-state index contributed by atoms with van der Waals surface area (Å²) in [5, 5.41) is 9.94. The Hall–Kier alpha value is -4.30. The molecule has 8 heteroatoms. The lowest BCUT2D eigenvalue weighted by Gasteiger charge is -2.17. The number of carbonyl (C=O) groups excluding carboxylic acids is 1. The first-order chi connectivity index (χ1) is 18.9. The number of amides is 1. The van der Waals surface area contributed by atoms with Crippen LogP contribution in [0.5, 0.6) is 5.75 Å². The summed E-state index contributed by atoms with van der Waals surface area (Å²) in [7, 11) is 3.41. The molecule has 1 aromatic heterocycles. The fourth-order valence-electron chi connectivity index (χ4n) is 4.31. The van der Waals surface area contributed by atoms with Crippen molar-refractivity contribution in [2.45, 2.75) is 13.3 Å². The van der Waals surface area contributed by atoms with Crippen molar-refractivity contribution in [3.8, 4) is 5.75 Å². The summed E-state index contributed by atoms with van der Waals surface area (Å²) < 4.78 is 35.1. The third-order valence-electron chi connectivity index (χ3n) is 6.31. The first kappa shape index (κ1) is 27.7. The molecule has 0 fully saturated rings. The Morgan fingerprint density at radius 1 is 1.05 bits per heavy atom. The fraction of sp³-hybridized carbons (Fsp3) is 0.226. The molecule has 0 spiro atoms. The summed E-state index contributed by atoms with van der Waals surface area (Å²) in [4.78, 5) is 13.1. The molecule has 0 aliphatic heterocycles. The third kappa shape index (κ3) is 6.78. The number of hydrogen-bond acceptors (Lipinski definition) is 4. The summed E-state index contributed by atoms with van der Waals surface area (Å²) in [6, 6.07) is 19.7. The average molecular weight is 531 g/mol. The van der Waals surface area contributed by atoms with Gasteiger partial charge < -0.3 is 15.0 Å². The second kappa shape index (κ2) is 13.0. The maximum atomic E-state index is 14.9. The zero-order chi connectivity index (χ0) is 27.8. The van der Waals surface area contributed by atoms with Gasteiger partial charge in [0.05, 0.1) is 10.9 Å². The van der Waals surface area contributed by atoms with Crippen LogP contribution in [-0.2, 0) is 4.79 Å². The molecule has 0 aliphatic carbocycles. The lowest BCUT2D eigenvalue weighted by Crippen LogP contribution is -2.22. The smallest absolute Gasteiger partial charge is 0.245 e. The molecule has 0 saturated carbocycles. The Labute approximate surface area is 227 Å². The van der Waals surface area contributed by atoms with E-state index in [9.17, 15) is 13.6 Å². The van der Waals surface area contributed by atoms with Crippen molar-refractivity contribution in [3.05, 3.63) is 107 Å². The summed E-state index contributed by atoms with van der Waals surface area (Å²) >= 11 is 0. The number of benzene rings is 3. The maximum Gasteiger partial charge on any atom is 0.245 e. The molecule has 202 valence electrons. The van der Waals surface area contributed by atoms with Gasteiger partial charge in [-0.05, 0) is 59.0 Å². The van der Waals surface area contributed by atoms with E-state index in [-0.39, 0.29) is 11.7 Å². The van der Waals surface area contributed by atoms with Crippen LogP contribution in [0.15, 0.2) is 78.9 Å². The molecular formula is C31H32F2N4O2. The Morgan fingerprint density at radius 2 is 1.79 bits per heavy atom. The quantitative estimate of drug-likeness (QED) is 0.146. The molecule has 1 amide bonds. The molecule has 0 bridgehead atoms. The normalized spacial score (nSPS) is 12.1. The Morgan fingerprint density at radius 3 is 2.51 bits per heavy atom. The Bertz CT molecular complexity index is 1490. The molecular weight excluding hydrogens is 498 g/mol. The SMILES string of the molecule is CC/C(=C(/c1ccc(OCCNC/C=C/C(=O)N(C)C)cc1)c1ccc2[nH]nc(F)c2c1)c1ccccc1F. The summed E-state index contributed by atoms with van der Waals surface area (Å²) in [5.74, 6) is -0.251. The van der Waals surface area contributed by atoms with E-state index in [1.165, 1.54) is 17.0 Å². The second-order valence-electron chi connectivity index (χ2n) is 9.17. The van der Waals surface area contributed by atoms with Gasteiger partial charge in [0.2, 0.25) is 11.9 Å². The first-order valence-corrected chi connectivity index (χ1v) is 12.8. The minimum absolute atomic E-state index is 0.0578. The van der Waals surface area contributed by atoms with Crippen LogP contribution in [0.4, 0.5) is 8.78 Å². The highest BCUT2D eigenvalue weighted by molar-refractivity contribution is 6.00. The van der Waals surface area contributed by atoms with E-state index in [4.69, 9.17) is 4.74 Å². The molecule has 0 aliphatic rings. The molecule has 6 nitrogen and oxygen atoms in total. The number of halogens is 2. The van der Waals surface area contributed by atoms with Gasteiger partial charge in [-0.3, -0.25) is 9.89 Å². The number of carbonyl (C=O) groups is 1. The standard InChI is InChI=1S/C31H32F2N4O2/c1-4-24(25-8-5-6-9-27(25)32)30(22-13-16-28-26(20-22)31(33)36-35-28)21-11-14-23(15-12-21)39-19-18-34-17-7-10-29(38)37(2)3/h5-16,20,34H,4,17-19H2,1-3H3,(H,35,36)/b10-7+,30-24+. The first-order valence-electron chi connectivity index (χ1n) is 12.8. The van der Waals surface area contributed by atoms with Crippen LogP contribution >= 0.6 is 0 Å².